The van der Waals surface area contributed by atoms with E-state index >= 15 is 0 Å². The van der Waals surface area contributed by atoms with E-state index in [9.17, 15) is 14.7 Å². The first kappa shape index (κ1) is 17.0. The van der Waals surface area contributed by atoms with Gasteiger partial charge in [-0.15, -0.1) is 11.3 Å². The van der Waals surface area contributed by atoms with Crippen molar-refractivity contribution in [2.24, 2.45) is 0 Å². The summed E-state index contributed by atoms with van der Waals surface area (Å²) in [5, 5.41) is 12.9. The van der Waals surface area contributed by atoms with Crippen molar-refractivity contribution in [1.29, 1.82) is 0 Å². The molecule has 0 aliphatic carbocycles. The van der Waals surface area contributed by atoms with Gasteiger partial charge in [0.2, 0.25) is 0 Å². The molecule has 3 rings (SSSR count). The highest BCUT2D eigenvalue weighted by Gasteiger charge is 2.22. The van der Waals surface area contributed by atoms with Gasteiger partial charge < -0.3 is 15.2 Å². The Kier molecular flexibility index (Phi) is 5.00. The number of carbonyl (C=O) groups excluding carboxylic acids is 1. The average molecular weight is 355 g/mol. The van der Waals surface area contributed by atoms with Gasteiger partial charge >= 0.3 is 5.97 Å². The van der Waals surface area contributed by atoms with Crippen molar-refractivity contribution in [3.63, 3.8) is 0 Å². The molecule has 1 amide bonds. The normalized spacial score (nSPS) is 11.9. The second-order valence-electron chi connectivity index (χ2n) is 5.57. The van der Waals surface area contributed by atoms with Crippen molar-refractivity contribution in [3.05, 3.63) is 65.0 Å². The number of amides is 1. The van der Waals surface area contributed by atoms with Crippen LogP contribution in [0.5, 0.6) is 5.75 Å². The SMILES string of the molecule is COc1ccc2cc(C(=O)NC(Cc3ccccc3)C(=O)O)sc2c1. The standard InChI is InChI=1S/C19H17NO4S/c1-24-14-8-7-13-10-17(25-16(13)11-14)18(21)20-15(19(22)23)9-12-5-3-2-4-6-12/h2-8,10-11,15H,9H2,1H3,(H,20,21)(H,22,23). The molecule has 0 saturated heterocycles. The molecule has 1 aromatic heterocycles. The fourth-order valence-corrected chi connectivity index (χ4v) is 3.52. The number of ether oxygens (including phenoxy) is 1. The highest BCUT2D eigenvalue weighted by molar-refractivity contribution is 7.20. The maximum absolute atomic E-state index is 12.5. The molecular weight excluding hydrogens is 338 g/mol. The zero-order valence-corrected chi connectivity index (χ0v) is 14.4. The third kappa shape index (κ3) is 3.97. The fraction of sp³-hybridized carbons (Fsp3) is 0.158. The van der Waals surface area contributed by atoms with Crippen LogP contribution in [0.1, 0.15) is 15.2 Å². The van der Waals surface area contributed by atoms with Crippen LogP contribution < -0.4 is 10.1 Å². The molecule has 2 aromatic carbocycles. The number of aliphatic carboxylic acids is 1. The molecule has 5 nitrogen and oxygen atoms in total. The molecule has 0 aliphatic rings. The summed E-state index contributed by atoms with van der Waals surface area (Å²) in [5.74, 6) is -0.725. The summed E-state index contributed by atoms with van der Waals surface area (Å²) in [4.78, 5) is 24.5. The van der Waals surface area contributed by atoms with Crippen LogP contribution >= 0.6 is 11.3 Å². The van der Waals surface area contributed by atoms with Crippen LogP contribution in [-0.4, -0.2) is 30.1 Å². The van der Waals surface area contributed by atoms with Crippen LogP contribution in [0.4, 0.5) is 0 Å². The minimum Gasteiger partial charge on any atom is -0.497 e. The number of methoxy groups -OCH3 is 1. The molecular formula is C19H17NO4S. The molecule has 0 saturated carbocycles. The molecule has 0 radical (unpaired) electrons. The number of thiophene rings is 1. The number of benzene rings is 2. The number of hydrogen-bond donors (Lipinski definition) is 2. The quantitative estimate of drug-likeness (QED) is 0.711. The third-order valence-corrected chi connectivity index (χ3v) is 4.93. The Hall–Kier alpha value is -2.86. The van der Waals surface area contributed by atoms with E-state index in [2.05, 4.69) is 5.32 Å². The van der Waals surface area contributed by atoms with Gasteiger partial charge in [0, 0.05) is 11.1 Å². The number of carbonyl (C=O) groups is 2. The summed E-state index contributed by atoms with van der Waals surface area (Å²) in [5.41, 5.74) is 0.858. The lowest BCUT2D eigenvalue weighted by molar-refractivity contribution is -0.139. The molecule has 128 valence electrons. The van der Waals surface area contributed by atoms with Crippen molar-refractivity contribution >= 4 is 33.3 Å². The lowest BCUT2D eigenvalue weighted by Crippen LogP contribution is -2.42. The lowest BCUT2D eigenvalue weighted by Gasteiger charge is -2.14. The smallest absolute Gasteiger partial charge is 0.326 e. The number of nitrogens with one attached hydrogen (secondary N) is 1. The van der Waals surface area contributed by atoms with E-state index in [0.717, 1.165) is 15.6 Å². The first-order valence-corrected chi connectivity index (χ1v) is 8.53. The van der Waals surface area contributed by atoms with E-state index in [0.29, 0.717) is 10.6 Å². The second kappa shape index (κ2) is 7.36. The van der Waals surface area contributed by atoms with Gasteiger partial charge in [-0.1, -0.05) is 30.3 Å². The summed E-state index contributed by atoms with van der Waals surface area (Å²) < 4.78 is 6.10. The lowest BCUT2D eigenvalue weighted by atomic mass is 10.1. The van der Waals surface area contributed by atoms with Gasteiger partial charge in [0.15, 0.2) is 0 Å². The zero-order valence-electron chi connectivity index (χ0n) is 13.6. The number of rotatable bonds is 6. The van der Waals surface area contributed by atoms with Crippen LogP contribution in [0.2, 0.25) is 0 Å². The van der Waals surface area contributed by atoms with Crippen LogP contribution in [0.3, 0.4) is 0 Å². The summed E-state index contributed by atoms with van der Waals surface area (Å²) in [6.45, 7) is 0. The van der Waals surface area contributed by atoms with Crippen molar-refractivity contribution in [3.8, 4) is 5.75 Å². The van der Waals surface area contributed by atoms with Crippen molar-refractivity contribution in [2.45, 2.75) is 12.5 Å². The maximum Gasteiger partial charge on any atom is 0.326 e. The molecule has 6 heteroatoms. The van der Waals surface area contributed by atoms with E-state index in [1.165, 1.54) is 11.3 Å². The Morgan fingerprint density at radius 2 is 1.92 bits per heavy atom. The van der Waals surface area contributed by atoms with Gasteiger partial charge in [0.05, 0.1) is 12.0 Å². The van der Waals surface area contributed by atoms with E-state index < -0.39 is 12.0 Å². The van der Waals surface area contributed by atoms with Crippen LogP contribution in [-0.2, 0) is 11.2 Å². The number of fused-ring (bicyclic) bond motifs is 1. The van der Waals surface area contributed by atoms with Gasteiger partial charge in [-0.3, -0.25) is 4.79 Å². The number of hydrogen-bond acceptors (Lipinski definition) is 4. The van der Waals surface area contributed by atoms with E-state index in [1.807, 2.05) is 48.5 Å². The Morgan fingerprint density at radius 3 is 2.60 bits per heavy atom. The first-order chi connectivity index (χ1) is 12.1. The third-order valence-electron chi connectivity index (χ3n) is 3.84. The van der Waals surface area contributed by atoms with Crippen molar-refractivity contribution < 1.29 is 19.4 Å². The Balaban J connectivity index is 1.78. The van der Waals surface area contributed by atoms with Crippen LogP contribution in [0.25, 0.3) is 10.1 Å². The van der Waals surface area contributed by atoms with E-state index in [-0.39, 0.29) is 12.3 Å². The van der Waals surface area contributed by atoms with E-state index in [4.69, 9.17) is 4.74 Å². The molecule has 3 aromatic rings. The molecule has 0 spiro atoms. The topological polar surface area (TPSA) is 75.6 Å². The Morgan fingerprint density at radius 1 is 1.16 bits per heavy atom. The minimum absolute atomic E-state index is 0.237. The predicted molar refractivity (Wildman–Crippen MR) is 97.4 cm³/mol. The molecule has 0 aliphatic heterocycles. The molecule has 2 N–H and O–H groups in total. The summed E-state index contributed by atoms with van der Waals surface area (Å²) >= 11 is 1.31. The summed E-state index contributed by atoms with van der Waals surface area (Å²) in [6, 6.07) is 15.6. The minimum atomic E-state index is -1.06. The number of carboxylic acids is 1. The molecule has 0 bridgehead atoms. The van der Waals surface area contributed by atoms with Gasteiger partial charge in [-0.05, 0) is 35.2 Å². The van der Waals surface area contributed by atoms with Gasteiger partial charge in [-0.25, -0.2) is 4.79 Å². The van der Waals surface area contributed by atoms with Crippen LogP contribution in [0, 0.1) is 0 Å². The average Bonchev–Trinajstić information content (AvgIpc) is 3.05. The summed E-state index contributed by atoms with van der Waals surface area (Å²) in [7, 11) is 1.59. The van der Waals surface area contributed by atoms with Gasteiger partial charge in [0.25, 0.3) is 5.91 Å². The van der Waals surface area contributed by atoms with Crippen molar-refractivity contribution in [2.75, 3.05) is 7.11 Å². The van der Waals surface area contributed by atoms with Crippen molar-refractivity contribution in [1.82, 2.24) is 5.32 Å². The maximum atomic E-state index is 12.5. The predicted octanol–water partition coefficient (Wildman–Crippen LogP) is 3.34. The molecule has 1 unspecified atom stereocenters. The summed E-state index contributed by atoms with van der Waals surface area (Å²) in [6.07, 6.45) is 0.237. The molecule has 0 fully saturated rings. The highest BCUT2D eigenvalue weighted by atomic mass is 32.1. The fourth-order valence-electron chi connectivity index (χ4n) is 2.53. The molecule has 25 heavy (non-hydrogen) atoms. The second-order valence-corrected chi connectivity index (χ2v) is 6.65. The highest BCUT2D eigenvalue weighted by Crippen LogP contribution is 2.29. The Bertz CT molecular complexity index is 904. The molecule has 1 atom stereocenters. The Labute approximate surface area is 148 Å². The van der Waals surface area contributed by atoms with E-state index in [1.54, 1.807) is 13.2 Å². The largest absolute Gasteiger partial charge is 0.497 e. The zero-order chi connectivity index (χ0) is 17.8. The van der Waals surface area contributed by atoms with Gasteiger partial charge in [0.1, 0.15) is 11.8 Å². The monoisotopic (exact) mass is 355 g/mol. The number of carboxylic acid groups (broad SMARTS) is 1. The van der Waals surface area contributed by atoms with Gasteiger partial charge in [-0.2, -0.15) is 0 Å². The van der Waals surface area contributed by atoms with Crippen LogP contribution in [0.15, 0.2) is 54.6 Å². The molecule has 1 heterocycles. The first-order valence-electron chi connectivity index (χ1n) is 7.72.